The van der Waals surface area contributed by atoms with E-state index in [2.05, 4.69) is 21.8 Å². The van der Waals surface area contributed by atoms with Crippen LogP contribution >= 0.6 is 0 Å². The minimum atomic E-state index is 0.545. The van der Waals surface area contributed by atoms with E-state index in [0.29, 0.717) is 5.82 Å². The maximum absolute atomic E-state index is 5.72. The molecule has 0 aliphatic carbocycles. The minimum Gasteiger partial charge on any atom is -0.384 e. The van der Waals surface area contributed by atoms with Crippen LogP contribution in [0.4, 0.5) is 11.5 Å². The largest absolute Gasteiger partial charge is 0.384 e. The van der Waals surface area contributed by atoms with Crippen molar-refractivity contribution in [1.29, 1.82) is 0 Å². The van der Waals surface area contributed by atoms with Crippen molar-refractivity contribution in [1.82, 2.24) is 9.97 Å². The number of nitrogens with zero attached hydrogens (tertiary/aromatic N) is 3. The summed E-state index contributed by atoms with van der Waals surface area (Å²) in [6.45, 7) is 5.80. The molecule has 0 atom stereocenters. The van der Waals surface area contributed by atoms with Crippen LogP contribution in [0.1, 0.15) is 18.3 Å². The lowest BCUT2D eigenvalue weighted by atomic mass is 10.2. The van der Waals surface area contributed by atoms with E-state index in [4.69, 9.17) is 5.73 Å². The lowest BCUT2D eigenvalue weighted by Gasteiger charge is -2.22. The Balaban J connectivity index is 2.19. The number of pyridine rings is 2. The summed E-state index contributed by atoms with van der Waals surface area (Å²) in [4.78, 5) is 10.8. The van der Waals surface area contributed by atoms with E-state index in [0.717, 1.165) is 30.2 Å². The number of hydrogen-bond donors (Lipinski definition) is 1. The van der Waals surface area contributed by atoms with Crippen molar-refractivity contribution in [2.45, 2.75) is 20.4 Å². The summed E-state index contributed by atoms with van der Waals surface area (Å²) < 4.78 is 0. The van der Waals surface area contributed by atoms with Crippen molar-refractivity contribution >= 4 is 11.5 Å². The lowest BCUT2D eigenvalue weighted by molar-refractivity contribution is 0.805. The molecule has 4 nitrogen and oxygen atoms in total. The summed E-state index contributed by atoms with van der Waals surface area (Å²) in [6.07, 6.45) is 1.73. The van der Waals surface area contributed by atoms with Gasteiger partial charge in [-0.25, -0.2) is 4.98 Å². The minimum absolute atomic E-state index is 0.545. The maximum Gasteiger partial charge on any atom is 0.125 e. The fourth-order valence-corrected chi connectivity index (χ4v) is 1.90. The van der Waals surface area contributed by atoms with Crippen molar-refractivity contribution in [3.63, 3.8) is 0 Å². The third-order valence-corrected chi connectivity index (χ3v) is 2.81. The standard InChI is InChI=1S/C14H18N4/c1-3-18(13-7-8-16-14(15)9-13)10-12-6-4-5-11(2)17-12/h4-9H,3,10H2,1-2H3,(H2,15,16). The Kier molecular flexibility index (Phi) is 3.77. The zero-order valence-electron chi connectivity index (χ0n) is 10.8. The Morgan fingerprint density at radius 2 is 2.11 bits per heavy atom. The van der Waals surface area contributed by atoms with Crippen molar-refractivity contribution in [3.8, 4) is 0 Å². The first kappa shape index (κ1) is 12.4. The molecule has 0 saturated heterocycles. The molecule has 2 aromatic rings. The van der Waals surface area contributed by atoms with Crippen LogP contribution in [0.3, 0.4) is 0 Å². The van der Waals surface area contributed by atoms with Crippen molar-refractivity contribution in [2.75, 3.05) is 17.2 Å². The molecule has 0 aliphatic heterocycles. The second-order valence-electron chi connectivity index (χ2n) is 4.22. The molecule has 0 spiro atoms. The molecule has 94 valence electrons. The molecule has 0 fully saturated rings. The van der Waals surface area contributed by atoms with E-state index >= 15 is 0 Å². The second-order valence-corrected chi connectivity index (χ2v) is 4.22. The van der Waals surface area contributed by atoms with E-state index in [-0.39, 0.29) is 0 Å². The first-order chi connectivity index (χ1) is 8.69. The zero-order chi connectivity index (χ0) is 13.0. The van der Waals surface area contributed by atoms with Gasteiger partial charge in [-0.1, -0.05) is 6.07 Å². The van der Waals surface area contributed by atoms with Crippen LogP contribution in [-0.2, 0) is 6.54 Å². The Hall–Kier alpha value is -2.10. The molecule has 0 aliphatic rings. The molecule has 18 heavy (non-hydrogen) atoms. The molecule has 0 saturated carbocycles. The van der Waals surface area contributed by atoms with Gasteiger partial charge in [-0.15, -0.1) is 0 Å². The number of anilines is 2. The predicted molar refractivity (Wildman–Crippen MR) is 74.3 cm³/mol. The molecule has 2 heterocycles. The number of hydrogen-bond acceptors (Lipinski definition) is 4. The third-order valence-electron chi connectivity index (χ3n) is 2.81. The van der Waals surface area contributed by atoms with Crippen LogP contribution in [0, 0.1) is 6.92 Å². The molecule has 0 bridgehead atoms. The molecule has 0 unspecified atom stereocenters. The van der Waals surface area contributed by atoms with Gasteiger partial charge < -0.3 is 10.6 Å². The topological polar surface area (TPSA) is 55.0 Å². The molecule has 0 amide bonds. The smallest absolute Gasteiger partial charge is 0.125 e. The molecule has 4 heteroatoms. The van der Waals surface area contributed by atoms with Gasteiger partial charge in [-0.2, -0.15) is 0 Å². The van der Waals surface area contributed by atoms with Gasteiger partial charge in [0.25, 0.3) is 0 Å². The van der Waals surface area contributed by atoms with Crippen molar-refractivity contribution in [3.05, 3.63) is 47.9 Å². The van der Waals surface area contributed by atoms with Crippen LogP contribution in [0.25, 0.3) is 0 Å². The molecule has 0 aromatic carbocycles. The number of aromatic nitrogens is 2. The zero-order valence-corrected chi connectivity index (χ0v) is 10.8. The first-order valence-corrected chi connectivity index (χ1v) is 6.08. The Labute approximate surface area is 107 Å². The number of aryl methyl sites for hydroxylation is 1. The van der Waals surface area contributed by atoms with E-state index in [1.807, 2.05) is 37.3 Å². The highest BCUT2D eigenvalue weighted by Crippen LogP contribution is 2.17. The van der Waals surface area contributed by atoms with Gasteiger partial charge in [-0.3, -0.25) is 4.98 Å². The Morgan fingerprint density at radius 3 is 2.78 bits per heavy atom. The molecule has 2 N–H and O–H groups in total. The highest BCUT2D eigenvalue weighted by molar-refractivity contribution is 5.52. The molecule has 0 radical (unpaired) electrons. The number of nitrogen functional groups attached to an aromatic ring is 1. The van der Waals surface area contributed by atoms with E-state index in [1.165, 1.54) is 0 Å². The average Bonchev–Trinajstić information content (AvgIpc) is 2.36. The van der Waals surface area contributed by atoms with Crippen LogP contribution in [0.5, 0.6) is 0 Å². The van der Waals surface area contributed by atoms with Gasteiger partial charge in [0.15, 0.2) is 0 Å². The Morgan fingerprint density at radius 1 is 1.28 bits per heavy atom. The molecule has 2 rings (SSSR count). The number of rotatable bonds is 4. The van der Waals surface area contributed by atoms with E-state index in [1.54, 1.807) is 6.20 Å². The average molecular weight is 242 g/mol. The monoisotopic (exact) mass is 242 g/mol. The van der Waals surface area contributed by atoms with Crippen LogP contribution < -0.4 is 10.6 Å². The van der Waals surface area contributed by atoms with Crippen LogP contribution in [0.15, 0.2) is 36.5 Å². The summed E-state index contributed by atoms with van der Waals surface area (Å²) in [6, 6.07) is 9.94. The van der Waals surface area contributed by atoms with Gasteiger partial charge in [-0.05, 0) is 32.0 Å². The summed E-state index contributed by atoms with van der Waals surface area (Å²) in [7, 11) is 0. The quantitative estimate of drug-likeness (QED) is 0.894. The predicted octanol–water partition coefficient (Wildman–Crippen LogP) is 2.39. The highest BCUT2D eigenvalue weighted by Gasteiger charge is 2.06. The van der Waals surface area contributed by atoms with E-state index < -0.39 is 0 Å². The number of nitrogens with two attached hydrogens (primary N) is 1. The van der Waals surface area contributed by atoms with Gasteiger partial charge in [0.1, 0.15) is 5.82 Å². The molecular weight excluding hydrogens is 224 g/mol. The van der Waals surface area contributed by atoms with Gasteiger partial charge >= 0.3 is 0 Å². The van der Waals surface area contributed by atoms with Gasteiger partial charge in [0.05, 0.1) is 12.2 Å². The SMILES string of the molecule is CCN(Cc1cccc(C)n1)c1ccnc(N)c1. The highest BCUT2D eigenvalue weighted by atomic mass is 15.1. The van der Waals surface area contributed by atoms with Gasteiger partial charge in [0, 0.05) is 30.2 Å². The van der Waals surface area contributed by atoms with Crippen molar-refractivity contribution < 1.29 is 0 Å². The Bertz CT molecular complexity index is 525. The van der Waals surface area contributed by atoms with E-state index in [9.17, 15) is 0 Å². The third kappa shape index (κ3) is 2.97. The summed E-state index contributed by atoms with van der Waals surface area (Å²) in [5.74, 6) is 0.545. The van der Waals surface area contributed by atoms with Crippen LogP contribution in [-0.4, -0.2) is 16.5 Å². The summed E-state index contributed by atoms with van der Waals surface area (Å²) in [5, 5.41) is 0. The second kappa shape index (κ2) is 5.49. The lowest BCUT2D eigenvalue weighted by Crippen LogP contribution is -2.22. The normalized spacial score (nSPS) is 10.3. The van der Waals surface area contributed by atoms with Gasteiger partial charge in [0.2, 0.25) is 0 Å². The molecule has 2 aromatic heterocycles. The summed E-state index contributed by atoms with van der Waals surface area (Å²) in [5.41, 5.74) is 8.89. The summed E-state index contributed by atoms with van der Waals surface area (Å²) >= 11 is 0. The van der Waals surface area contributed by atoms with Crippen LogP contribution in [0.2, 0.25) is 0 Å². The first-order valence-electron chi connectivity index (χ1n) is 6.08. The fraction of sp³-hybridized carbons (Fsp3) is 0.286. The molecular formula is C14H18N4. The van der Waals surface area contributed by atoms with Crippen molar-refractivity contribution in [2.24, 2.45) is 0 Å². The fourth-order valence-electron chi connectivity index (χ4n) is 1.90. The maximum atomic E-state index is 5.72.